The summed E-state index contributed by atoms with van der Waals surface area (Å²) >= 11 is 0. The summed E-state index contributed by atoms with van der Waals surface area (Å²) in [5.41, 5.74) is 0.580. The first-order chi connectivity index (χ1) is 17.5. The van der Waals surface area contributed by atoms with Crippen LogP contribution >= 0.6 is 0 Å². The summed E-state index contributed by atoms with van der Waals surface area (Å²) in [6.45, 7) is 5.66. The van der Waals surface area contributed by atoms with E-state index in [0.29, 0.717) is 5.56 Å². The normalized spacial score (nSPS) is 23.3. The average Bonchev–Trinajstić information content (AvgIpc) is 2.81. The molecule has 0 amide bonds. The summed E-state index contributed by atoms with van der Waals surface area (Å²) < 4.78 is 37.9. The number of esters is 5. The van der Waals surface area contributed by atoms with Gasteiger partial charge in [0.2, 0.25) is 18.2 Å². The van der Waals surface area contributed by atoms with Gasteiger partial charge in [-0.2, -0.15) is 0 Å². The Morgan fingerprint density at radius 3 is 1.86 bits per heavy atom. The summed E-state index contributed by atoms with van der Waals surface area (Å²) in [6, 6.07) is 8.67. The highest BCUT2D eigenvalue weighted by Crippen LogP contribution is 2.31. The number of hydrogen-bond donors (Lipinski definition) is 0. The number of carbonyl (C=O) groups is 5. The summed E-state index contributed by atoms with van der Waals surface area (Å²) in [5, 5.41) is 0. The SMILES string of the molecule is CCOC(=O)/C(=C/c1ccccc1)O[C@@H]1O[C@H](COC(C)=O)C(OC(C)=O)[C@H](OC(C)=O)[C@H]1OC(C)=O. The summed E-state index contributed by atoms with van der Waals surface area (Å²) in [6.07, 6.45) is -5.70. The van der Waals surface area contributed by atoms with E-state index in [-0.39, 0.29) is 12.4 Å². The molecule has 1 aromatic rings. The molecule has 0 radical (unpaired) electrons. The molecule has 1 unspecified atom stereocenters. The van der Waals surface area contributed by atoms with E-state index in [0.717, 1.165) is 27.7 Å². The minimum atomic E-state index is -1.57. The van der Waals surface area contributed by atoms with Crippen molar-refractivity contribution in [2.45, 2.75) is 65.3 Å². The molecule has 1 aliphatic rings. The number of carbonyl (C=O) groups excluding carboxylic acids is 5. The molecule has 0 aromatic heterocycles. The van der Waals surface area contributed by atoms with Gasteiger partial charge in [0, 0.05) is 27.7 Å². The molecule has 0 N–H and O–H groups in total. The van der Waals surface area contributed by atoms with E-state index < -0.39 is 67.2 Å². The molecule has 202 valence electrons. The molecule has 1 aliphatic heterocycles. The Bertz CT molecular complexity index is 1000. The van der Waals surface area contributed by atoms with Gasteiger partial charge in [-0.3, -0.25) is 19.2 Å². The lowest BCUT2D eigenvalue weighted by Gasteiger charge is -2.43. The second-order valence-electron chi connectivity index (χ2n) is 7.83. The van der Waals surface area contributed by atoms with Crippen molar-refractivity contribution >= 4 is 35.9 Å². The van der Waals surface area contributed by atoms with Crippen LogP contribution in [0.5, 0.6) is 0 Å². The molecular formula is C25H30O12. The Morgan fingerprint density at radius 2 is 1.32 bits per heavy atom. The number of hydrogen-bond acceptors (Lipinski definition) is 12. The highest BCUT2D eigenvalue weighted by molar-refractivity contribution is 5.91. The van der Waals surface area contributed by atoms with Crippen LogP contribution in [0.15, 0.2) is 36.1 Å². The molecule has 0 saturated carbocycles. The van der Waals surface area contributed by atoms with E-state index in [9.17, 15) is 24.0 Å². The van der Waals surface area contributed by atoms with E-state index in [1.165, 1.54) is 6.08 Å². The van der Waals surface area contributed by atoms with Crippen LogP contribution in [0, 0.1) is 0 Å². The van der Waals surface area contributed by atoms with Gasteiger partial charge in [-0.05, 0) is 18.6 Å². The Labute approximate surface area is 213 Å². The van der Waals surface area contributed by atoms with Crippen LogP contribution in [0.2, 0.25) is 0 Å². The van der Waals surface area contributed by atoms with Crippen molar-refractivity contribution in [3.05, 3.63) is 41.7 Å². The van der Waals surface area contributed by atoms with Gasteiger partial charge in [0.05, 0.1) is 6.61 Å². The van der Waals surface area contributed by atoms with Crippen LogP contribution in [-0.2, 0) is 57.1 Å². The van der Waals surface area contributed by atoms with Crippen LogP contribution in [0.3, 0.4) is 0 Å². The van der Waals surface area contributed by atoms with Crippen molar-refractivity contribution in [2.75, 3.05) is 13.2 Å². The highest BCUT2D eigenvalue weighted by atomic mass is 16.7. The van der Waals surface area contributed by atoms with Crippen LogP contribution in [0.4, 0.5) is 0 Å². The lowest BCUT2D eigenvalue weighted by molar-refractivity contribution is -0.299. The van der Waals surface area contributed by atoms with Crippen molar-refractivity contribution in [3.63, 3.8) is 0 Å². The van der Waals surface area contributed by atoms with Crippen LogP contribution in [0.1, 0.15) is 40.2 Å². The van der Waals surface area contributed by atoms with Gasteiger partial charge in [0.15, 0.2) is 12.2 Å². The first-order valence-corrected chi connectivity index (χ1v) is 11.4. The molecule has 1 heterocycles. The lowest BCUT2D eigenvalue weighted by Crippen LogP contribution is -2.63. The van der Waals surface area contributed by atoms with E-state index >= 15 is 0 Å². The third kappa shape index (κ3) is 9.22. The predicted octanol–water partition coefficient (Wildman–Crippen LogP) is 1.69. The number of benzene rings is 1. The fraction of sp³-hybridized carbons (Fsp3) is 0.480. The van der Waals surface area contributed by atoms with Gasteiger partial charge < -0.3 is 33.2 Å². The van der Waals surface area contributed by atoms with Crippen molar-refractivity contribution in [1.29, 1.82) is 0 Å². The van der Waals surface area contributed by atoms with Gasteiger partial charge in [-0.1, -0.05) is 30.3 Å². The zero-order chi connectivity index (χ0) is 27.5. The molecule has 1 aromatic carbocycles. The Kier molecular flexibility index (Phi) is 11.1. The van der Waals surface area contributed by atoms with Crippen molar-refractivity contribution in [2.24, 2.45) is 0 Å². The van der Waals surface area contributed by atoms with Gasteiger partial charge >= 0.3 is 29.8 Å². The van der Waals surface area contributed by atoms with Gasteiger partial charge in [0.25, 0.3) is 0 Å². The zero-order valence-corrected chi connectivity index (χ0v) is 21.2. The molecule has 12 nitrogen and oxygen atoms in total. The smallest absolute Gasteiger partial charge is 0.373 e. The molecular weight excluding hydrogens is 492 g/mol. The minimum absolute atomic E-state index is 0.0346. The quantitative estimate of drug-likeness (QED) is 0.190. The van der Waals surface area contributed by atoms with Crippen molar-refractivity contribution in [3.8, 4) is 0 Å². The highest BCUT2D eigenvalue weighted by Gasteiger charge is 2.53. The van der Waals surface area contributed by atoms with E-state index in [2.05, 4.69) is 0 Å². The van der Waals surface area contributed by atoms with Crippen LogP contribution in [0.25, 0.3) is 6.08 Å². The van der Waals surface area contributed by atoms with Crippen LogP contribution < -0.4 is 0 Å². The molecule has 0 bridgehead atoms. The fourth-order valence-electron chi connectivity index (χ4n) is 3.45. The minimum Gasteiger partial charge on any atom is -0.463 e. The summed E-state index contributed by atoms with van der Waals surface area (Å²) in [7, 11) is 0. The third-order valence-electron chi connectivity index (χ3n) is 4.77. The molecule has 5 atom stereocenters. The Hall–Kier alpha value is -3.93. The zero-order valence-electron chi connectivity index (χ0n) is 21.2. The largest absolute Gasteiger partial charge is 0.463 e. The molecule has 1 fully saturated rings. The second-order valence-corrected chi connectivity index (χ2v) is 7.83. The molecule has 37 heavy (non-hydrogen) atoms. The average molecular weight is 523 g/mol. The second kappa shape index (κ2) is 14.0. The Morgan fingerprint density at radius 1 is 0.757 bits per heavy atom. The standard InChI is InChI=1S/C25H30O12/c1-6-31-24(30)19(12-18-10-8-7-9-11-18)36-25-23(35-17(5)29)22(34-16(4)28)21(33-15(3)27)20(37-25)13-32-14(2)26/h7-12,20-23,25H,6,13H2,1-5H3/b19-12-/t20-,21?,22+,23-,25-/m1/s1. The number of ether oxygens (including phenoxy) is 7. The summed E-state index contributed by atoms with van der Waals surface area (Å²) in [5.74, 6) is -4.19. The summed E-state index contributed by atoms with van der Waals surface area (Å²) in [4.78, 5) is 59.9. The van der Waals surface area contributed by atoms with Crippen molar-refractivity contribution < 1.29 is 57.1 Å². The monoisotopic (exact) mass is 522 g/mol. The van der Waals surface area contributed by atoms with E-state index in [4.69, 9.17) is 33.2 Å². The first kappa shape index (κ1) is 29.3. The fourth-order valence-corrected chi connectivity index (χ4v) is 3.45. The molecule has 1 saturated heterocycles. The Balaban J connectivity index is 2.55. The number of rotatable bonds is 10. The van der Waals surface area contributed by atoms with Crippen molar-refractivity contribution in [1.82, 2.24) is 0 Å². The van der Waals surface area contributed by atoms with E-state index in [1.54, 1.807) is 37.3 Å². The molecule has 0 spiro atoms. The lowest BCUT2D eigenvalue weighted by atomic mass is 9.98. The molecule has 0 aliphatic carbocycles. The van der Waals surface area contributed by atoms with Gasteiger partial charge in [0.1, 0.15) is 12.7 Å². The maximum Gasteiger partial charge on any atom is 0.373 e. The first-order valence-electron chi connectivity index (χ1n) is 11.4. The molecule has 12 heteroatoms. The topological polar surface area (TPSA) is 150 Å². The third-order valence-corrected chi connectivity index (χ3v) is 4.77. The van der Waals surface area contributed by atoms with Crippen LogP contribution in [-0.4, -0.2) is 73.8 Å². The van der Waals surface area contributed by atoms with Gasteiger partial charge in [-0.15, -0.1) is 0 Å². The predicted molar refractivity (Wildman–Crippen MR) is 124 cm³/mol. The maximum absolute atomic E-state index is 12.7. The van der Waals surface area contributed by atoms with E-state index in [1.807, 2.05) is 0 Å². The molecule has 2 rings (SSSR count). The maximum atomic E-state index is 12.7. The van der Waals surface area contributed by atoms with Gasteiger partial charge in [-0.25, -0.2) is 4.79 Å².